The lowest BCUT2D eigenvalue weighted by Gasteiger charge is -2.16. The molecule has 11 heteroatoms. The van der Waals surface area contributed by atoms with Gasteiger partial charge in [-0.1, -0.05) is 0 Å². The molecule has 2 aromatic heterocycles. The van der Waals surface area contributed by atoms with Gasteiger partial charge < -0.3 is 30.2 Å². The second-order valence-electron chi connectivity index (χ2n) is 4.71. The Kier molecular flexibility index (Phi) is 6.92. The molecule has 2 rings (SSSR count). The zero-order chi connectivity index (χ0) is 15.5. The summed E-state index contributed by atoms with van der Waals surface area (Å²) in [5.41, 5.74) is 1.36. The number of aliphatic hydroxyl groups excluding tert-OH is 1. The summed E-state index contributed by atoms with van der Waals surface area (Å²) in [4.78, 5) is 38.5. The van der Waals surface area contributed by atoms with Crippen LogP contribution >= 0.6 is 24.6 Å². The Hall–Kier alpha value is -1.03. The minimum Gasteiger partial charge on any atom is -0.395 e. The molecule has 0 spiro atoms. The van der Waals surface area contributed by atoms with Crippen LogP contribution in [0.25, 0.3) is 11.0 Å². The third-order valence-corrected chi connectivity index (χ3v) is 3.96. The van der Waals surface area contributed by atoms with Crippen LogP contribution in [-0.2, 0) is 11.1 Å². The SMILES string of the molecule is Br.O=c1[nH]cnc2c(CN[C@H](CO)CCP(=O)(O)O)c[nH]c12. The van der Waals surface area contributed by atoms with Crippen LogP contribution < -0.4 is 10.9 Å². The van der Waals surface area contributed by atoms with Gasteiger partial charge in [0.25, 0.3) is 5.56 Å². The third kappa shape index (κ3) is 5.01. The monoisotopic (exact) mass is 396 g/mol. The number of fused-ring (bicyclic) bond motifs is 1. The average molecular weight is 397 g/mol. The molecule has 6 N–H and O–H groups in total. The first-order chi connectivity index (χ1) is 9.90. The zero-order valence-electron chi connectivity index (χ0n) is 11.5. The number of nitrogens with zero attached hydrogens (tertiary/aromatic N) is 1. The Labute approximate surface area is 136 Å². The Morgan fingerprint density at radius 2 is 2.09 bits per heavy atom. The first-order valence-corrected chi connectivity index (χ1v) is 8.13. The lowest BCUT2D eigenvalue weighted by Crippen LogP contribution is -2.32. The molecule has 1 atom stereocenters. The van der Waals surface area contributed by atoms with Gasteiger partial charge in [-0.2, -0.15) is 0 Å². The van der Waals surface area contributed by atoms with E-state index in [9.17, 15) is 14.5 Å². The minimum atomic E-state index is -4.08. The fraction of sp³-hybridized carbons (Fsp3) is 0.455. The predicted molar refractivity (Wildman–Crippen MR) is 86.3 cm³/mol. The molecule has 2 aromatic rings. The average Bonchev–Trinajstić information content (AvgIpc) is 2.83. The summed E-state index contributed by atoms with van der Waals surface area (Å²) < 4.78 is 10.8. The number of hydrogen-bond acceptors (Lipinski definition) is 5. The molecule has 0 aliphatic heterocycles. The normalized spacial score (nSPS) is 13.0. The second-order valence-corrected chi connectivity index (χ2v) is 6.48. The smallest absolute Gasteiger partial charge is 0.325 e. The van der Waals surface area contributed by atoms with Gasteiger partial charge in [0.2, 0.25) is 0 Å². The molecule has 0 unspecified atom stereocenters. The van der Waals surface area contributed by atoms with Crippen molar-refractivity contribution in [3.8, 4) is 0 Å². The largest absolute Gasteiger partial charge is 0.395 e. The highest BCUT2D eigenvalue weighted by molar-refractivity contribution is 8.93. The number of halogens is 1. The molecule has 9 nitrogen and oxygen atoms in total. The number of aromatic amines is 2. The zero-order valence-corrected chi connectivity index (χ0v) is 14.1. The molecule has 0 aliphatic carbocycles. The van der Waals surface area contributed by atoms with E-state index in [1.165, 1.54) is 6.33 Å². The van der Waals surface area contributed by atoms with Crippen LogP contribution in [0, 0.1) is 0 Å². The van der Waals surface area contributed by atoms with E-state index in [0.717, 1.165) is 5.56 Å². The molecule has 124 valence electrons. The standard InChI is InChI=1S/C11H17N4O5P.BrH/c16-5-8(1-2-21(18,19)20)12-3-7-4-13-10-9(7)14-6-15-11(10)17;/h4,6,8,12-13,16H,1-3,5H2,(H,14,15,17)(H2,18,19,20);1H/t8-;/m0./s1. The van der Waals surface area contributed by atoms with Crippen molar-refractivity contribution >= 4 is 35.6 Å². The van der Waals surface area contributed by atoms with Gasteiger partial charge in [0.05, 0.1) is 24.6 Å². The van der Waals surface area contributed by atoms with Gasteiger partial charge in [0.15, 0.2) is 0 Å². The van der Waals surface area contributed by atoms with Gasteiger partial charge >= 0.3 is 7.60 Å². The van der Waals surface area contributed by atoms with Crippen molar-refractivity contribution in [2.24, 2.45) is 0 Å². The Morgan fingerprint density at radius 3 is 2.73 bits per heavy atom. The number of rotatable bonds is 7. The van der Waals surface area contributed by atoms with Gasteiger partial charge in [0, 0.05) is 24.3 Å². The first-order valence-electron chi connectivity index (χ1n) is 6.33. The van der Waals surface area contributed by atoms with Crippen LogP contribution in [0.15, 0.2) is 17.3 Å². The van der Waals surface area contributed by atoms with E-state index >= 15 is 0 Å². The van der Waals surface area contributed by atoms with E-state index in [4.69, 9.17) is 9.79 Å². The maximum Gasteiger partial charge on any atom is 0.325 e. The lowest BCUT2D eigenvalue weighted by molar-refractivity contribution is 0.237. The fourth-order valence-corrected chi connectivity index (χ4v) is 2.62. The summed E-state index contributed by atoms with van der Waals surface area (Å²) in [5.74, 6) is 0. The lowest BCUT2D eigenvalue weighted by atomic mass is 10.2. The highest BCUT2D eigenvalue weighted by Gasteiger charge is 2.17. The van der Waals surface area contributed by atoms with Crippen LogP contribution in [0.3, 0.4) is 0 Å². The number of H-pyrrole nitrogens is 2. The summed E-state index contributed by atoms with van der Waals surface area (Å²) >= 11 is 0. The highest BCUT2D eigenvalue weighted by atomic mass is 79.9. The molecule has 0 radical (unpaired) electrons. The molecular formula is C11H18BrN4O5P. The van der Waals surface area contributed by atoms with Gasteiger partial charge in [-0.25, -0.2) is 4.98 Å². The van der Waals surface area contributed by atoms with Crippen molar-refractivity contribution in [1.29, 1.82) is 0 Å². The van der Waals surface area contributed by atoms with E-state index in [-0.39, 0.29) is 41.7 Å². The number of aliphatic hydroxyl groups is 1. The predicted octanol–water partition coefficient (Wildman–Crippen LogP) is -0.153. The van der Waals surface area contributed by atoms with Crippen LogP contribution in [0.5, 0.6) is 0 Å². The van der Waals surface area contributed by atoms with Crippen molar-refractivity contribution in [2.45, 2.75) is 19.0 Å². The Morgan fingerprint density at radius 1 is 1.36 bits per heavy atom. The van der Waals surface area contributed by atoms with Gasteiger partial charge in [-0.15, -0.1) is 17.0 Å². The van der Waals surface area contributed by atoms with Crippen molar-refractivity contribution in [3.05, 3.63) is 28.4 Å². The third-order valence-electron chi connectivity index (χ3n) is 3.12. The topological polar surface area (TPSA) is 151 Å². The highest BCUT2D eigenvalue weighted by Crippen LogP contribution is 2.35. The van der Waals surface area contributed by atoms with Crippen molar-refractivity contribution in [1.82, 2.24) is 20.3 Å². The molecule has 0 aromatic carbocycles. The first kappa shape index (κ1) is 19.0. The number of aromatic nitrogens is 3. The van der Waals surface area contributed by atoms with Gasteiger partial charge in [-0.05, 0) is 6.42 Å². The molecule has 0 amide bonds. The number of nitrogens with one attached hydrogen (secondary N) is 3. The molecule has 22 heavy (non-hydrogen) atoms. The Balaban J connectivity index is 0.00000242. The molecular weight excluding hydrogens is 379 g/mol. The minimum absolute atomic E-state index is 0. The second kappa shape index (κ2) is 8.00. The van der Waals surface area contributed by atoms with Crippen LogP contribution in [0.1, 0.15) is 12.0 Å². The summed E-state index contributed by atoms with van der Waals surface area (Å²) in [6, 6.07) is -0.440. The molecule has 0 saturated heterocycles. The van der Waals surface area contributed by atoms with E-state index in [1.807, 2.05) is 0 Å². The van der Waals surface area contributed by atoms with Crippen molar-refractivity contribution in [2.75, 3.05) is 12.8 Å². The van der Waals surface area contributed by atoms with Crippen LogP contribution in [-0.4, -0.2) is 48.7 Å². The van der Waals surface area contributed by atoms with E-state index in [1.54, 1.807) is 6.20 Å². The van der Waals surface area contributed by atoms with Crippen molar-refractivity contribution in [3.63, 3.8) is 0 Å². The summed E-state index contributed by atoms with van der Waals surface area (Å²) in [7, 11) is -4.08. The molecule has 0 aliphatic rings. The molecule has 2 heterocycles. The van der Waals surface area contributed by atoms with Gasteiger partial charge in [0.1, 0.15) is 5.52 Å². The van der Waals surface area contributed by atoms with Crippen LogP contribution in [0.2, 0.25) is 0 Å². The van der Waals surface area contributed by atoms with E-state index in [2.05, 4.69) is 20.3 Å². The van der Waals surface area contributed by atoms with E-state index < -0.39 is 13.6 Å². The molecule has 0 fully saturated rings. The summed E-state index contributed by atoms with van der Waals surface area (Å²) in [6.45, 7) is 0.0825. The molecule has 0 bridgehead atoms. The summed E-state index contributed by atoms with van der Waals surface area (Å²) in [6.07, 6.45) is 2.80. The maximum absolute atomic E-state index is 11.5. The summed E-state index contributed by atoms with van der Waals surface area (Å²) in [5, 5.41) is 12.2. The Bertz CT molecular complexity index is 712. The van der Waals surface area contributed by atoms with Crippen LogP contribution in [0.4, 0.5) is 0 Å². The van der Waals surface area contributed by atoms with Gasteiger partial charge in [-0.3, -0.25) is 9.36 Å². The molecule has 0 saturated carbocycles. The fourth-order valence-electron chi connectivity index (χ4n) is 1.98. The van der Waals surface area contributed by atoms with Crippen molar-refractivity contribution < 1.29 is 19.5 Å². The van der Waals surface area contributed by atoms with E-state index in [0.29, 0.717) is 17.6 Å². The maximum atomic E-state index is 11.5. The quantitative estimate of drug-likeness (QED) is 0.356. The number of hydrogen-bond donors (Lipinski definition) is 6.